The smallest absolute Gasteiger partial charge is 0.246 e. The first-order valence-electron chi connectivity index (χ1n) is 7.85. The van der Waals surface area contributed by atoms with Gasteiger partial charge in [-0.25, -0.2) is 0 Å². The second-order valence-corrected chi connectivity index (χ2v) is 5.60. The zero-order valence-corrected chi connectivity index (χ0v) is 12.9. The van der Waals surface area contributed by atoms with Gasteiger partial charge in [-0.1, -0.05) is 0 Å². The molecular formula is C18H20N4O. The molecule has 0 aliphatic carbocycles. The number of carbonyl (C=O) groups excluding carboxylic acids is 1. The highest BCUT2D eigenvalue weighted by Crippen LogP contribution is 2.16. The molecule has 0 bridgehead atoms. The number of amides is 1. The van der Waals surface area contributed by atoms with Crippen LogP contribution in [0.3, 0.4) is 0 Å². The fourth-order valence-corrected chi connectivity index (χ4v) is 2.68. The topological polar surface area (TPSA) is 58.1 Å². The van der Waals surface area contributed by atoms with Gasteiger partial charge >= 0.3 is 0 Å². The Kier molecular flexibility index (Phi) is 4.99. The molecule has 1 fully saturated rings. The third-order valence-corrected chi connectivity index (χ3v) is 3.96. The van der Waals surface area contributed by atoms with E-state index in [9.17, 15) is 4.79 Å². The van der Waals surface area contributed by atoms with Crippen molar-refractivity contribution in [2.45, 2.75) is 18.9 Å². The SMILES string of the molecule is O=C(C=Cc1ccncc1)N1CCC(Nc2cccnc2)CC1. The van der Waals surface area contributed by atoms with Crippen molar-refractivity contribution in [2.24, 2.45) is 0 Å². The van der Waals surface area contributed by atoms with Crippen LogP contribution in [-0.2, 0) is 4.79 Å². The fraction of sp³-hybridized carbons (Fsp3) is 0.278. The van der Waals surface area contributed by atoms with Gasteiger partial charge in [0.25, 0.3) is 0 Å². The number of nitrogens with zero attached hydrogens (tertiary/aromatic N) is 3. The summed E-state index contributed by atoms with van der Waals surface area (Å²) in [6, 6.07) is 8.10. The molecule has 1 aliphatic heterocycles. The van der Waals surface area contributed by atoms with Crippen molar-refractivity contribution in [3.63, 3.8) is 0 Å². The van der Waals surface area contributed by atoms with E-state index in [1.54, 1.807) is 24.7 Å². The predicted molar refractivity (Wildman–Crippen MR) is 90.7 cm³/mol. The van der Waals surface area contributed by atoms with E-state index in [1.807, 2.05) is 41.4 Å². The standard InChI is InChI=1S/C18H20N4O/c23-18(4-3-15-5-10-19-11-6-15)22-12-7-16(8-13-22)21-17-2-1-9-20-14-17/h1-6,9-11,14,16,21H,7-8,12-13H2. The van der Waals surface area contributed by atoms with E-state index in [2.05, 4.69) is 15.3 Å². The molecule has 5 heteroatoms. The van der Waals surface area contributed by atoms with Gasteiger partial charge in [0.1, 0.15) is 0 Å². The van der Waals surface area contributed by atoms with Gasteiger partial charge in [0.15, 0.2) is 0 Å². The Labute approximate surface area is 136 Å². The summed E-state index contributed by atoms with van der Waals surface area (Å²) < 4.78 is 0. The molecule has 2 aromatic rings. The molecule has 0 saturated carbocycles. The maximum Gasteiger partial charge on any atom is 0.246 e. The van der Waals surface area contributed by atoms with Crippen LogP contribution < -0.4 is 5.32 Å². The number of carbonyl (C=O) groups is 1. The Hall–Kier alpha value is -2.69. The number of pyridine rings is 2. The summed E-state index contributed by atoms with van der Waals surface area (Å²) >= 11 is 0. The van der Waals surface area contributed by atoms with E-state index in [0.717, 1.165) is 37.2 Å². The third-order valence-electron chi connectivity index (χ3n) is 3.96. The first kappa shape index (κ1) is 15.2. The van der Waals surface area contributed by atoms with Crippen molar-refractivity contribution in [1.29, 1.82) is 0 Å². The molecule has 0 aromatic carbocycles. The molecule has 0 unspecified atom stereocenters. The van der Waals surface area contributed by atoms with Crippen molar-refractivity contribution in [2.75, 3.05) is 18.4 Å². The van der Waals surface area contributed by atoms with Gasteiger partial charge in [-0.15, -0.1) is 0 Å². The van der Waals surface area contributed by atoms with Crippen LogP contribution in [0.1, 0.15) is 18.4 Å². The number of hydrogen-bond donors (Lipinski definition) is 1. The molecule has 5 nitrogen and oxygen atoms in total. The molecule has 1 aliphatic rings. The minimum Gasteiger partial charge on any atom is -0.381 e. The van der Waals surface area contributed by atoms with E-state index >= 15 is 0 Å². The van der Waals surface area contributed by atoms with Gasteiger partial charge in [-0.05, 0) is 48.7 Å². The van der Waals surface area contributed by atoms with Crippen molar-refractivity contribution >= 4 is 17.7 Å². The largest absolute Gasteiger partial charge is 0.381 e. The van der Waals surface area contributed by atoms with Gasteiger partial charge in [-0.3, -0.25) is 14.8 Å². The van der Waals surface area contributed by atoms with Gasteiger partial charge in [0.2, 0.25) is 5.91 Å². The van der Waals surface area contributed by atoms with Gasteiger partial charge in [0.05, 0.1) is 5.69 Å². The lowest BCUT2D eigenvalue weighted by molar-refractivity contribution is -0.126. The third kappa shape index (κ3) is 4.39. The predicted octanol–water partition coefficient (Wildman–Crippen LogP) is 2.59. The molecule has 0 spiro atoms. The Balaban J connectivity index is 1.48. The van der Waals surface area contributed by atoms with Gasteiger partial charge in [0, 0.05) is 50.0 Å². The Bertz CT molecular complexity index is 649. The van der Waals surface area contributed by atoms with Gasteiger partial charge in [-0.2, -0.15) is 0 Å². The van der Waals surface area contributed by atoms with Crippen molar-refractivity contribution in [3.8, 4) is 0 Å². The van der Waals surface area contributed by atoms with Gasteiger partial charge < -0.3 is 10.2 Å². The summed E-state index contributed by atoms with van der Waals surface area (Å²) in [6.07, 6.45) is 12.4. The molecule has 118 valence electrons. The summed E-state index contributed by atoms with van der Waals surface area (Å²) in [5, 5.41) is 3.47. The van der Waals surface area contributed by atoms with E-state index < -0.39 is 0 Å². The number of hydrogen-bond acceptors (Lipinski definition) is 4. The second-order valence-electron chi connectivity index (χ2n) is 5.60. The normalized spacial score (nSPS) is 15.7. The Morgan fingerprint density at radius 3 is 2.61 bits per heavy atom. The number of likely N-dealkylation sites (tertiary alicyclic amines) is 1. The highest BCUT2D eigenvalue weighted by molar-refractivity contribution is 5.91. The average molecular weight is 308 g/mol. The second kappa shape index (κ2) is 7.54. The number of rotatable bonds is 4. The van der Waals surface area contributed by atoms with E-state index in [0.29, 0.717) is 6.04 Å². The van der Waals surface area contributed by atoms with Crippen LogP contribution in [0.4, 0.5) is 5.69 Å². The Morgan fingerprint density at radius 1 is 1.13 bits per heavy atom. The lowest BCUT2D eigenvalue weighted by Gasteiger charge is -2.32. The summed E-state index contributed by atoms with van der Waals surface area (Å²) in [5.41, 5.74) is 2.02. The molecule has 1 amide bonds. The van der Waals surface area contributed by atoms with Crippen LogP contribution in [-0.4, -0.2) is 39.9 Å². The van der Waals surface area contributed by atoms with E-state index in [-0.39, 0.29) is 5.91 Å². The first-order chi connectivity index (χ1) is 11.3. The van der Waals surface area contributed by atoms with Crippen molar-refractivity contribution < 1.29 is 4.79 Å². The minimum absolute atomic E-state index is 0.0710. The van der Waals surface area contributed by atoms with Crippen LogP contribution in [0.2, 0.25) is 0 Å². The van der Waals surface area contributed by atoms with Crippen LogP contribution >= 0.6 is 0 Å². The molecule has 1 saturated heterocycles. The van der Waals surface area contributed by atoms with Crippen LogP contribution in [0.5, 0.6) is 0 Å². The van der Waals surface area contributed by atoms with Crippen LogP contribution in [0.25, 0.3) is 6.08 Å². The fourth-order valence-electron chi connectivity index (χ4n) is 2.68. The average Bonchev–Trinajstić information content (AvgIpc) is 2.62. The zero-order valence-electron chi connectivity index (χ0n) is 12.9. The molecule has 3 heterocycles. The van der Waals surface area contributed by atoms with Crippen molar-refractivity contribution in [3.05, 3.63) is 60.7 Å². The maximum atomic E-state index is 12.2. The molecule has 2 aromatic heterocycles. The number of anilines is 1. The molecule has 1 N–H and O–H groups in total. The molecular weight excluding hydrogens is 288 g/mol. The quantitative estimate of drug-likeness (QED) is 0.882. The monoisotopic (exact) mass is 308 g/mol. The minimum atomic E-state index is 0.0710. The summed E-state index contributed by atoms with van der Waals surface area (Å²) in [4.78, 5) is 22.2. The molecule has 3 rings (SSSR count). The number of aromatic nitrogens is 2. The highest BCUT2D eigenvalue weighted by Gasteiger charge is 2.21. The van der Waals surface area contributed by atoms with E-state index in [1.165, 1.54) is 0 Å². The Morgan fingerprint density at radius 2 is 1.91 bits per heavy atom. The molecule has 23 heavy (non-hydrogen) atoms. The lowest BCUT2D eigenvalue weighted by Crippen LogP contribution is -2.41. The molecule has 0 atom stereocenters. The van der Waals surface area contributed by atoms with E-state index in [4.69, 9.17) is 0 Å². The maximum absolute atomic E-state index is 12.2. The van der Waals surface area contributed by atoms with Crippen LogP contribution in [0, 0.1) is 0 Å². The summed E-state index contributed by atoms with van der Waals surface area (Å²) in [5.74, 6) is 0.0710. The summed E-state index contributed by atoms with van der Waals surface area (Å²) in [6.45, 7) is 1.55. The van der Waals surface area contributed by atoms with Crippen LogP contribution in [0.15, 0.2) is 55.1 Å². The highest BCUT2D eigenvalue weighted by atomic mass is 16.2. The zero-order chi connectivity index (χ0) is 15.9. The van der Waals surface area contributed by atoms with Crippen molar-refractivity contribution in [1.82, 2.24) is 14.9 Å². The summed E-state index contributed by atoms with van der Waals surface area (Å²) in [7, 11) is 0. The first-order valence-corrected chi connectivity index (χ1v) is 7.85. The lowest BCUT2D eigenvalue weighted by atomic mass is 10.0. The number of piperidine rings is 1. The number of nitrogens with one attached hydrogen (secondary N) is 1. The molecule has 0 radical (unpaired) electrons.